The molecule has 4 rings (SSSR count). The van der Waals surface area contributed by atoms with Crippen LogP contribution in [0.15, 0.2) is 78.4 Å². The van der Waals surface area contributed by atoms with Gasteiger partial charge in [-0.2, -0.15) is 0 Å². The number of methoxy groups -OCH3 is 1. The molecule has 0 saturated heterocycles. The van der Waals surface area contributed by atoms with Gasteiger partial charge in [0, 0.05) is 10.6 Å². The number of esters is 1. The van der Waals surface area contributed by atoms with Crippen molar-refractivity contribution in [3.05, 3.63) is 106 Å². The standard InChI is InChI=1S/C28H24ClNO4/c1-4-34-24-13-6-19(7-14-24)15-22-17-26(20-9-11-23(29)12-10-20)30(27(22)31)25-16-21(28(32)33-3)8-5-18(25)2/h5-17H,4H2,1-3H3/b22-15+. The number of halogens is 1. The average Bonchev–Trinajstić information content (AvgIpc) is 3.16. The molecule has 0 fully saturated rings. The number of amides is 1. The molecule has 1 aliphatic heterocycles. The van der Waals surface area contributed by atoms with E-state index in [-0.39, 0.29) is 5.91 Å². The van der Waals surface area contributed by atoms with Gasteiger partial charge in [-0.05, 0) is 79.1 Å². The van der Waals surface area contributed by atoms with Crippen molar-refractivity contribution in [1.29, 1.82) is 0 Å². The molecular formula is C28H24ClNO4. The molecule has 0 aromatic heterocycles. The van der Waals surface area contributed by atoms with Gasteiger partial charge in [0.1, 0.15) is 5.75 Å². The Labute approximate surface area is 203 Å². The van der Waals surface area contributed by atoms with Crippen molar-refractivity contribution in [2.24, 2.45) is 0 Å². The molecule has 1 heterocycles. The van der Waals surface area contributed by atoms with Gasteiger partial charge in [0.15, 0.2) is 0 Å². The zero-order chi connectivity index (χ0) is 24.2. The van der Waals surface area contributed by atoms with Crippen LogP contribution in [0.3, 0.4) is 0 Å². The zero-order valence-electron chi connectivity index (χ0n) is 19.2. The highest BCUT2D eigenvalue weighted by molar-refractivity contribution is 6.30. The largest absolute Gasteiger partial charge is 0.494 e. The Morgan fingerprint density at radius 2 is 1.74 bits per heavy atom. The Bertz CT molecular complexity index is 1290. The van der Waals surface area contributed by atoms with Crippen molar-refractivity contribution in [3.8, 4) is 5.75 Å². The molecule has 0 aliphatic carbocycles. The summed E-state index contributed by atoms with van der Waals surface area (Å²) in [5.41, 5.74) is 4.76. The van der Waals surface area contributed by atoms with Gasteiger partial charge in [-0.15, -0.1) is 0 Å². The van der Waals surface area contributed by atoms with E-state index < -0.39 is 5.97 Å². The van der Waals surface area contributed by atoms with Gasteiger partial charge >= 0.3 is 5.97 Å². The van der Waals surface area contributed by atoms with E-state index >= 15 is 0 Å². The minimum absolute atomic E-state index is 0.191. The van der Waals surface area contributed by atoms with Crippen LogP contribution in [0.5, 0.6) is 5.75 Å². The highest BCUT2D eigenvalue weighted by Gasteiger charge is 2.32. The maximum Gasteiger partial charge on any atom is 0.337 e. The van der Waals surface area contributed by atoms with Crippen molar-refractivity contribution in [2.45, 2.75) is 13.8 Å². The second-order valence-electron chi connectivity index (χ2n) is 7.77. The van der Waals surface area contributed by atoms with E-state index in [0.29, 0.717) is 34.2 Å². The molecule has 6 heteroatoms. The lowest BCUT2D eigenvalue weighted by Gasteiger charge is -2.23. The molecular weight excluding hydrogens is 450 g/mol. The molecule has 0 atom stereocenters. The number of anilines is 1. The third kappa shape index (κ3) is 4.75. The van der Waals surface area contributed by atoms with Crippen LogP contribution in [0.1, 0.15) is 34.0 Å². The van der Waals surface area contributed by atoms with Crippen LogP contribution in [-0.4, -0.2) is 25.6 Å². The van der Waals surface area contributed by atoms with Gasteiger partial charge in [0.2, 0.25) is 0 Å². The highest BCUT2D eigenvalue weighted by Crippen LogP contribution is 2.37. The van der Waals surface area contributed by atoms with Crippen molar-refractivity contribution in [2.75, 3.05) is 18.6 Å². The number of aryl methyl sites for hydroxylation is 1. The molecule has 172 valence electrons. The predicted molar refractivity (Wildman–Crippen MR) is 135 cm³/mol. The first kappa shape index (κ1) is 23.3. The summed E-state index contributed by atoms with van der Waals surface area (Å²) in [4.78, 5) is 27.5. The molecule has 34 heavy (non-hydrogen) atoms. The third-order valence-electron chi connectivity index (χ3n) is 5.51. The second-order valence-corrected chi connectivity index (χ2v) is 8.21. The second kappa shape index (κ2) is 9.98. The quantitative estimate of drug-likeness (QED) is 0.311. The smallest absolute Gasteiger partial charge is 0.337 e. The molecule has 0 bridgehead atoms. The molecule has 1 amide bonds. The number of hydrogen-bond acceptors (Lipinski definition) is 4. The Morgan fingerprint density at radius 1 is 1.03 bits per heavy atom. The minimum Gasteiger partial charge on any atom is -0.494 e. The summed E-state index contributed by atoms with van der Waals surface area (Å²) in [6, 6.07) is 20.1. The monoisotopic (exact) mass is 473 g/mol. The van der Waals surface area contributed by atoms with Crippen LogP contribution in [0.4, 0.5) is 5.69 Å². The van der Waals surface area contributed by atoms with Crippen molar-refractivity contribution in [1.82, 2.24) is 0 Å². The number of carbonyl (C=O) groups excluding carboxylic acids is 2. The van der Waals surface area contributed by atoms with Crippen molar-refractivity contribution < 1.29 is 19.1 Å². The number of nitrogens with zero attached hydrogens (tertiary/aromatic N) is 1. The predicted octanol–water partition coefficient (Wildman–Crippen LogP) is 6.31. The molecule has 5 nitrogen and oxygen atoms in total. The van der Waals surface area contributed by atoms with E-state index in [0.717, 1.165) is 22.4 Å². The lowest BCUT2D eigenvalue weighted by molar-refractivity contribution is -0.113. The summed E-state index contributed by atoms with van der Waals surface area (Å²) in [6.45, 7) is 4.42. The van der Waals surface area contributed by atoms with E-state index in [1.165, 1.54) is 7.11 Å². The van der Waals surface area contributed by atoms with E-state index in [4.69, 9.17) is 21.1 Å². The van der Waals surface area contributed by atoms with Crippen molar-refractivity contribution in [3.63, 3.8) is 0 Å². The molecule has 0 unspecified atom stereocenters. The number of carbonyl (C=O) groups is 2. The molecule has 1 aliphatic rings. The molecule has 0 N–H and O–H groups in total. The van der Waals surface area contributed by atoms with Gasteiger partial charge in [0.05, 0.1) is 30.7 Å². The van der Waals surface area contributed by atoms with E-state index in [1.807, 2.05) is 68.5 Å². The van der Waals surface area contributed by atoms with E-state index in [2.05, 4.69) is 0 Å². The molecule has 3 aromatic carbocycles. The fraction of sp³-hybridized carbons (Fsp3) is 0.143. The number of benzene rings is 3. The number of hydrogen-bond donors (Lipinski definition) is 0. The number of ether oxygens (including phenoxy) is 2. The van der Waals surface area contributed by atoms with Gasteiger partial charge < -0.3 is 9.47 Å². The van der Waals surface area contributed by atoms with Crippen LogP contribution in [0.25, 0.3) is 11.8 Å². The first-order valence-electron chi connectivity index (χ1n) is 10.9. The first-order chi connectivity index (χ1) is 16.4. The van der Waals surface area contributed by atoms with E-state index in [9.17, 15) is 9.59 Å². The molecule has 0 spiro atoms. The molecule has 3 aromatic rings. The summed E-state index contributed by atoms with van der Waals surface area (Å²) in [5.74, 6) is 0.121. The maximum absolute atomic E-state index is 13.7. The Morgan fingerprint density at radius 3 is 2.38 bits per heavy atom. The van der Waals surface area contributed by atoms with Crippen LogP contribution in [-0.2, 0) is 9.53 Å². The topological polar surface area (TPSA) is 55.8 Å². The van der Waals surface area contributed by atoms with Gasteiger partial charge in [-0.3, -0.25) is 9.69 Å². The number of rotatable bonds is 6. The maximum atomic E-state index is 13.7. The van der Waals surface area contributed by atoms with Gasteiger partial charge in [-0.1, -0.05) is 41.9 Å². The van der Waals surface area contributed by atoms with E-state index in [1.54, 1.807) is 29.2 Å². The summed E-state index contributed by atoms with van der Waals surface area (Å²) in [6.07, 6.45) is 3.69. The lowest BCUT2D eigenvalue weighted by Crippen LogP contribution is -2.26. The van der Waals surface area contributed by atoms with Gasteiger partial charge in [0.25, 0.3) is 5.91 Å². The molecule has 0 saturated carbocycles. The summed E-state index contributed by atoms with van der Waals surface area (Å²) in [5, 5.41) is 0.606. The van der Waals surface area contributed by atoms with Crippen LogP contribution < -0.4 is 9.64 Å². The highest BCUT2D eigenvalue weighted by atomic mass is 35.5. The van der Waals surface area contributed by atoms with Crippen molar-refractivity contribution >= 4 is 40.9 Å². The fourth-order valence-corrected chi connectivity index (χ4v) is 3.92. The average molecular weight is 474 g/mol. The SMILES string of the molecule is CCOc1ccc(/C=C2\C=C(c3ccc(Cl)cc3)N(c3cc(C(=O)OC)ccc3C)C2=O)cc1. The van der Waals surface area contributed by atoms with Crippen LogP contribution in [0.2, 0.25) is 5.02 Å². The molecule has 0 radical (unpaired) electrons. The van der Waals surface area contributed by atoms with Crippen LogP contribution in [0, 0.1) is 6.92 Å². The summed E-state index contributed by atoms with van der Waals surface area (Å²) in [7, 11) is 1.33. The Balaban J connectivity index is 1.81. The summed E-state index contributed by atoms with van der Waals surface area (Å²) < 4.78 is 10.4. The van der Waals surface area contributed by atoms with Gasteiger partial charge in [-0.25, -0.2) is 4.79 Å². The first-order valence-corrected chi connectivity index (χ1v) is 11.2. The fourth-order valence-electron chi connectivity index (χ4n) is 3.79. The van der Waals surface area contributed by atoms with Crippen LogP contribution >= 0.6 is 11.6 Å². The zero-order valence-corrected chi connectivity index (χ0v) is 19.9. The Hall–Kier alpha value is -3.83. The lowest BCUT2D eigenvalue weighted by atomic mass is 10.1. The Kier molecular flexibility index (Phi) is 6.85. The summed E-state index contributed by atoms with van der Waals surface area (Å²) >= 11 is 6.10. The normalized spacial score (nSPS) is 14.4. The third-order valence-corrected chi connectivity index (χ3v) is 5.76. The minimum atomic E-state index is -0.463.